The number of hydrogen-bond donors (Lipinski definition) is 0. The highest BCUT2D eigenvalue weighted by Gasteiger charge is 2.22. The smallest absolute Gasteiger partial charge is 0.127 e. The van der Waals surface area contributed by atoms with Gasteiger partial charge < -0.3 is 9.64 Å². The van der Waals surface area contributed by atoms with Gasteiger partial charge in [-0.3, -0.25) is 0 Å². The molecule has 3 heteroatoms. The third-order valence-electron chi connectivity index (χ3n) is 3.61. The quantitative estimate of drug-likeness (QED) is 0.812. The van der Waals surface area contributed by atoms with E-state index in [4.69, 9.17) is 16.3 Å². The summed E-state index contributed by atoms with van der Waals surface area (Å²) in [6, 6.07) is 0.279. The van der Waals surface area contributed by atoms with E-state index in [0.717, 1.165) is 27.5 Å². The van der Waals surface area contributed by atoms with Crippen LogP contribution in [0.25, 0.3) is 0 Å². The number of benzene rings is 1. The minimum Gasteiger partial charge on any atom is -0.496 e. The highest BCUT2D eigenvalue weighted by molar-refractivity contribution is 6.32. The molecule has 0 aromatic heterocycles. The van der Waals surface area contributed by atoms with Gasteiger partial charge in [0.25, 0.3) is 0 Å². The van der Waals surface area contributed by atoms with Gasteiger partial charge in [0.05, 0.1) is 7.11 Å². The fourth-order valence-corrected chi connectivity index (χ4v) is 2.37. The first-order valence-electron chi connectivity index (χ1n) is 5.82. The fourth-order valence-electron chi connectivity index (χ4n) is 2.13. The lowest BCUT2D eigenvalue weighted by Crippen LogP contribution is -2.19. The highest BCUT2D eigenvalue weighted by Crippen LogP contribution is 2.40. The van der Waals surface area contributed by atoms with Crippen LogP contribution in [-0.4, -0.2) is 26.1 Å². The molecule has 0 N–H and O–H groups in total. The zero-order valence-electron chi connectivity index (χ0n) is 11.8. The van der Waals surface area contributed by atoms with Crippen molar-refractivity contribution in [2.24, 2.45) is 0 Å². The molecule has 0 aliphatic heterocycles. The summed E-state index contributed by atoms with van der Waals surface area (Å²) in [5, 5.41) is 0.854. The Morgan fingerprint density at radius 3 is 2.00 bits per heavy atom. The number of hydrogen-bond acceptors (Lipinski definition) is 2. The SMILES string of the molecule is COc1c(C)c(C)c(Cl)c(C)c1C(C)N(C)C. The van der Waals surface area contributed by atoms with Crippen molar-refractivity contribution in [2.75, 3.05) is 21.2 Å². The number of rotatable bonds is 3. The molecule has 96 valence electrons. The number of methoxy groups -OCH3 is 1. The van der Waals surface area contributed by atoms with Gasteiger partial charge in [0.2, 0.25) is 0 Å². The second-order valence-corrected chi connectivity index (χ2v) is 5.15. The zero-order chi connectivity index (χ0) is 13.3. The normalized spacial score (nSPS) is 13.0. The number of nitrogens with zero attached hydrogens (tertiary/aromatic N) is 1. The van der Waals surface area contributed by atoms with Crippen LogP contribution < -0.4 is 4.74 Å². The molecule has 0 spiro atoms. The Bertz CT molecular complexity index is 427. The van der Waals surface area contributed by atoms with Crippen LogP contribution in [0.1, 0.15) is 35.2 Å². The van der Waals surface area contributed by atoms with Crippen LogP contribution in [0.2, 0.25) is 5.02 Å². The maximum Gasteiger partial charge on any atom is 0.127 e. The molecule has 2 nitrogen and oxygen atoms in total. The van der Waals surface area contributed by atoms with Gasteiger partial charge in [0, 0.05) is 16.6 Å². The first-order chi connectivity index (χ1) is 7.82. The molecule has 1 aromatic carbocycles. The van der Waals surface area contributed by atoms with Gasteiger partial charge in [0.1, 0.15) is 5.75 Å². The summed E-state index contributed by atoms with van der Waals surface area (Å²) < 4.78 is 5.58. The third kappa shape index (κ3) is 2.43. The van der Waals surface area contributed by atoms with Crippen molar-refractivity contribution in [3.8, 4) is 5.75 Å². The second-order valence-electron chi connectivity index (χ2n) is 4.78. The molecule has 0 bridgehead atoms. The summed E-state index contributed by atoms with van der Waals surface area (Å²) in [6.45, 7) is 8.32. The van der Waals surface area contributed by atoms with Crippen LogP contribution in [-0.2, 0) is 0 Å². The van der Waals surface area contributed by atoms with E-state index in [9.17, 15) is 0 Å². The first kappa shape index (κ1) is 14.3. The lowest BCUT2D eigenvalue weighted by molar-refractivity contribution is 0.306. The van der Waals surface area contributed by atoms with Gasteiger partial charge in [0.15, 0.2) is 0 Å². The second kappa shape index (κ2) is 5.28. The predicted octanol–water partition coefficient (Wildman–Crippen LogP) is 3.90. The molecule has 0 aliphatic carbocycles. The standard InChI is InChI=1S/C14H22ClNO/c1-8-9(2)14(17-7)12(10(3)13(8)15)11(4)16(5)6/h11H,1-7H3. The van der Waals surface area contributed by atoms with E-state index in [1.54, 1.807) is 7.11 Å². The van der Waals surface area contributed by atoms with E-state index in [-0.39, 0.29) is 6.04 Å². The van der Waals surface area contributed by atoms with Gasteiger partial charge in [-0.1, -0.05) is 11.6 Å². The zero-order valence-corrected chi connectivity index (χ0v) is 12.6. The summed E-state index contributed by atoms with van der Waals surface area (Å²) in [6.07, 6.45) is 0. The van der Waals surface area contributed by atoms with Crippen molar-refractivity contribution in [1.29, 1.82) is 0 Å². The number of halogens is 1. The largest absolute Gasteiger partial charge is 0.496 e. The monoisotopic (exact) mass is 255 g/mol. The van der Waals surface area contributed by atoms with Gasteiger partial charge in [-0.15, -0.1) is 0 Å². The van der Waals surface area contributed by atoms with Crippen LogP contribution in [0.15, 0.2) is 0 Å². The van der Waals surface area contributed by atoms with E-state index in [1.807, 2.05) is 6.92 Å². The summed E-state index contributed by atoms with van der Waals surface area (Å²) in [4.78, 5) is 2.16. The molecule has 0 fully saturated rings. The van der Waals surface area contributed by atoms with Crippen LogP contribution in [0, 0.1) is 20.8 Å². The molecule has 0 amide bonds. The van der Waals surface area contributed by atoms with Crippen molar-refractivity contribution < 1.29 is 4.74 Å². The van der Waals surface area contributed by atoms with E-state index >= 15 is 0 Å². The van der Waals surface area contributed by atoms with Gasteiger partial charge in [-0.05, 0) is 58.5 Å². The molecular weight excluding hydrogens is 234 g/mol. The lowest BCUT2D eigenvalue weighted by atomic mass is 9.94. The van der Waals surface area contributed by atoms with E-state index in [0.29, 0.717) is 0 Å². The Morgan fingerprint density at radius 2 is 1.59 bits per heavy atom. The molecule has 0 saturated carbocycles. The van der Waals surface area contributed by atoms with Crippen LogP contribution in [0.4, 0.5) is 0 Å². The van der Waals surface area contributed by atoms with Crippen molar-refractivity contribution in [3.63, 3.8) is 0 Å². The van der Waals surface area contributed by atoms with Gasteiger partial charge in [-0.25, -0.2) is 0 Å². The molecule has 1 atom stereocenters. The minimum absolute atomic E-state index is 0.279. The summed E-state index contributed by atoms with van der Waals surface area (Å²) in [5.74, 6) is 0.964. The average Bonchev–Trinajstić information content (AvgIpc) is 2.29. The summed E-state index contributed by atoms with van der Waals surface area (Å²) >= 11 is 6.39. The Kier molecular flexibility index (Phi) is 4.45. The topological polar surface area (TPSA) is 12.5 Å². The molecule has 0 heterocycles. The Morgan fingerprint density at radius 1 is 1.06 bits per heavy atom. The third-order valence-corrected chi connectivity index (χ3v) is 4.17. The Hall–Kier alpha value is -0.730. The van der Waals surface area contributed by atoms with Crippen molar-refractivity contribution >= 4 is 11.6 Å². The van der Waals surface area contributed by atoms with E-state index in [1.165, 1.54) is 5.56 Å². The van der Waals surface area contributed by atoms with Crippen molar-refractivity contribution in [1.82, 2.24) is 4.90 Å². The molecule has 0 aliphatic rings. The highest BCUT2D eigenvalue weighted by atomic mass is 35.5. The van der Waals surface area contributed by atoms with Crippen molar-refractivity contribution in [3.05, 3.63) is 27.3 Å². The molecule has 17 heavy (non-hydrogen) atoms. The summed E-state index contributed by atoms with van der Waals surface area (Å²) in [7, 11) is 5.85. The minimum atomic E-state index is 0.279. The number of ether oxygens (including phenoxy) is 1. The molecular formula is C14H22ClNO. The summed E-state index contributed by atoms with van der Waals surface area (Å²) in [5.41, 5.74) is 4.54. The Labute approximate surface area is 110 Å². The fraction of sp³-hybridized carbons (Fsp3) is 0.571. The van der Waals surface area contributed by atoms with E-state index in [2.05, 4.69) is 39.8 Å². The molecule has 1 unspecified atom stereocenters. The molecule has 1 aromatic rings. The maximum absolute atomic E-state index is 6.39. The maximum atomic E-state index is 6.39. The first-order valence-corrected chi connectivity index (χ1v) is 6.20. The van der Waals surface area contributed by atoms with Gasteiger partial charge >= 0.3 is 0 Å². The van der Waals surface area contributed by atoms with Crippen LogP contribution in [0.5, 0.6) is 5.75 Å². The molecule has 1 rings (SSSR count). The van der Waals surface area contributed by atoms with Gasteiger partial charge in [-0.2, -0.15) is 0 Å². The van der Waals surface area contributed by atoms with E-state index < -0.39 is 0 Å². The molecule has 0 saturated heterocycles. The molecule has 0 radical (unpaired) electrons. The van der Waals surface area contributed by atoms with Crippen LogP contribution in [0.3, 0.4) is 0 Å². The lowest BCUT2D eigenvalue weighted by Gasteiger charge is -2.27. The van der Waals surface area contributed by atoms with Crippen molar-refractivity contribution in [2.45, 2.75) is 33.7 Å². The van der Waals surface area contributed by atoms with Crippen LogP contribution >= 0.6 is 11.6 Å². The predicted molar refractivity (Wildman–Crippen MR) is 74.3 cm³/mol. The Balaban J connectivity index is 3.58. The average molecular weight is 256 g/mol.